The molecule has 0 aliphatic heterocycles. The summed E-state index contributed by atoms with van der Waals surface area (Å²) in [5.74, 6) is -0.375. The third kappa shape index (κ3) is 155. The largest absolute Gasteiger partial charge is 0.876 e. The third-order valence-corrected chi connectivity index (χ3v) is 0.407. The number of ketones is 1. The average Bonchev–Trinajstić information content (AvgIpc) is 1.78. The summed E-state index contributed by atoms with van der Waals surface area (Å²) in [6.07, 6.45) is 0.722. The fraction of sp³-hybridized carbons (Fsp3) is 0.727. The topological polar surface area (TPSA) is 80.6 Å². The predicted octanol–water partition coefficient (Wildman–Crippen LogP) is 0.611. The van der Waals surface area contributed by atoms with Gasteiger partial charge in [-0.1, -0.05) is 6.92 Å². The van der Waals surface area contributed by atoms with E-state index < -0.39 is 0 Å². The molecule has 0 aliphatic rings. The molecule has 4 nitrogen and oxygen atoms in total. The maximum Gasteiger partial charge on any atom is 0.151 e. The molecule has 0 aromatic carbocycles. The van der Waals surface area contributed by atoms with Gasteiger partial charge in [-0.05, 0) is 40.7 Å². The Bertz CT molecular complexity index is 161. The molecular weight excluding hydrogens is 244 g/mol. The van der Waals surface area contributed by atoms with Crippen molar-refractivity contribution in [1.29, 1.82) is 0 Å². The van der Waals surface area contributed by atoms with Crippen LogP contribution < -0.4 is 5.11 Å². The van der Waals surface area contributed by atoms with E-state index in [0.717, 1.165) is 6.08 Å². The molecule has 0 spiro atoms. The molecule has 96 valence electrons. The van der Waals surface area contributed by atoms with Crippen molar-refractivity contribution in [1.82, 2.24) is 0 Å². The van der Waals surface area contributed by atoms with E-state index in [-0.39, 0.29) is 45.5 Å². The van der Waals surface area contributed by atoms with Crippen molar-refractivity contribution in [2.75, 3.05) is 0 Å². The first-order valence-corrected chi connectivity index (χ1v) is 4.81. The molecule has 0 heterocycles. The normalized spacial score (nSPS) is 9.50. The van der Waals surface area contributed by atoms with Gasteiger partial charge in [-0.2, -0.15) is 0 Å². The fourth-order valence-corrected chi connectivity index (χ4v) is 0.286. The molecular formula is C11H23O4Ti-. The van der Waals surface area contributed by atoms with E-state index in [2.05, 4.69) is 0 Å². The van der Waals surface area contributed by atoms with Crippen LogP contribution in [0, 0.1) is 0 Å². The van der Waals surface area contributed by atoms with E-state index in [1.54, 1.807) is 27.7 Å². The molecule has 0 amide bonds. The Hall–Kier alpha value is -0.156. The van der Waals surface area contributed by atoms with E-state index in [9.17, 15) is 9.90 Å². The van der Waals surface area contributed by atoms with Crippen molar-refractivity contribution in [3.05, 3.63) is 11.8 Å². The Labute approximate surface area is 113 Å². The molecule has 0 atom stereocenters. The second-order valence-electron chi connectivity index (χ2n) is 3.55. The number of aliphatic hydroxyl groups excluding tert-OH is 2. The van der Waals surface area contributed by atoms with Crippen LogP contribution >= 0.6 is 0 Å². The number of allylic oxidation sites excluding steroid dienone is 2. The summed E-state index contributed by atoms with van der Waals surface area (Å²) in [6.45, 7) is 9.59. The number of rotatable bonds is 1. The summed E-state index contributed by atoms with van der Waals surface area (Å²) in [5.41, 5.74) is 0. The van der Waals surface area contributed by atoms with E-state index >= 15 is 0 Å². The first kappa shape index (κ1) is 24.9. The summed E-state index contributed by atoms with van der Waals surface area (Å²) >= 11 is 0. The molecule has 0 aromatic rings. The summed E-state index contributed by atoms with van der Waals surface area (Å²) < 4.78 is 0. The fourth-order valence-electron chi connectivity index (χ4n) is 0.286. The van der Waals surface area contributed by atoms with Gasteiger partial charge in [0.2, 0.25) is 0 Å². The summed E-state index contributed by atoms with van der Waals surface area (Å²) in [7, 11) is 0. The molecule has 0 aliphatic carbocycles. The summed E-state index contributed by atoms with van der Waals surface area (Å²) in [4.78, 5) is 9.98. The molecule has 0 saturated heterocycles. The minimum atomic E-state index is -0.187. The van der Waals surface area contributed by atoms with Crippen LogP contribution in [0.25, 0.3) is 0 Å². The molecule has 0 bridgehead atoms. The Morgan fingerprint density at radius 2 is 1.25 bits per heavy atom. The van der Waals surface area contributed by atoms with Crippen molar-refractivity contribution in [2.24, 2.45) is 0 Å². The van der Waals surface area contributed by atoms with Gasteiger partial charge >= 0.3 is 0 Å². The Morgan fingerprint density at radius 1 is 1.06 bits per heavy atom. The monoisotopic (exact) mass is 267 g/mol. The first-order chi connectivity index (χ1) is 6.59. The number of aliphatic hydroxyl groups is 2. The zero-order valence-electron chi connectivity index (χ0n) is 10.9. The Morgan fingerprint density at radius 3 is 1.25 bits per heavy atom. The van der Waals surface area contributed by atoms with Crippen molar-refractivity contribution in [3.63, 3.8) is 0 Å². The second kappa shape index (κ2) is 17.2. The van der Waals surface area contributed by atoms with Gasteiger partial charge in [0, 0.05) is 33.9 Å². The number of carbonyl (C=O) groups excluding carboxylic acids is 1. The van der Waals surface area contributed by atoms with E-state index in [0.29, 0.717) is 0 Å². The molecule has 0 fully saturated rings. The van der Waals surface area contributed by atoms with Crippen LogP contribution in [0.3, 0.4) is 0 Å². The van der Waals surface area contributed by atoms with E-state index in [4.69, 9.17) is 10.2 Å². The molecule has 2 N–H and O–H groups in total. The van der Waals surface area contributed by atoms with Crippen molar-refractivity contribution in [2.45, 2.75) is 53.8 Å². The van der Waals surface area contributed by atoms with Crippen LogP contribution in [0.5, 0.6) is 0 Å². The van der Waals surface area contributed by atoms with Crippen LogP contribution in [-0.2, 0) is 26.5 Å². The van der Waals surface area contributed by atoms with Gasteiger partial charge in [-0.15, -0.1) is 5.76 Å². The van der Waals surface area contributed by atoms with Crippen LogP contribution in [0.4, 0.5) is 0 Å². The van der Waals surface area contributed by atoms with E-state index in [1.807, 2.05) is 0 Å². The molecule has 0 aromatic heterocycles. The molecule has 0 rings (SSSR count). The van der Waals surface area contributed by atoms with Crippen molar-refractivity contribution in [3.8, 4) is 0 Å². The summed E-state index contributed by atoms with van der Waals surface area (Å²) in [6, 6.07) is 0. The van der Waals surface area contributed by atoms with Crippen molar-refractivity contribution < 1.29 is 41.8 Å². The SMILES string of the molecule is CC(=O)/C=C(/C)[O-].CC(C)O.CC(C)O.[Ti]. The van der Waals surface area contributed by atoms with Gasteiger partial charge in [-0.3, -0.25) is 4.79 Å². The number of hydrogen-bond donors (Lipinski definition) is 2. The standard InChI is InChI=1S/C5H8O2.2C3H8O.Ti/c1-4(6)3-5(2)7;2*1-3(2)4;/h3,6H,1-2H3;2*3-4H,1-2H3;/p-1/b4-3-;;;. The first-order valence-electron chi connectivity index (χ1n) is 4.81. The van der Waals surface area contributed by atoms with Crippen LogP contribution in [-0.4, -0.2) is 28.2 Å². The smallest absolute Gasteiger partial charge is 0.151 e. The van der Waals surface area contributed by atoms with Crippen LogP contribution in [0.15, 0.2) is 11.8 Å². The maximum atomic E-state index is 9.98. The summed E-state index contributed by atoms with van der Waals surface area (Å²) in [5, 5.41) is 26.1. The van der Waals surface area contributed by atoms with Crippen LogP contribution in [0.1, 0.15) is 41.5 Å². The quantitative estimate of drug-likeness (QED) is 0.414. The maximum absolute atomic E-state index is 9.98. The van der Waals surface area contributed by atoms with Gasteiger partial charge in [0.25, 0.3) is 0 Å². The molecule has 5 heteroatoms. The molecule has 0 unspecified atom stereocenters. The van der Waals surface area contributed by atoms with Gasteiger partial charge < -0.3 is 15.3 Å². The van der Waals surface area contributed by atoms with Gasteiger partial charge in [-0.25, -0.2) is 0 Å². The second-order valence-corrected chi connectivity index (χ2v) is 3.55. The minimum Gasteiger partial charge on any atom is -0.876 e. The van der Waals surface area contributed by atoms with Gasteiger partial charge in [0.05, 0.1) is 0 Å². The van der Waals surface area contributed by atoms with Crippen molar-refractivity contribution >= 4 is 5.78 Å². The van der Waals surface area contributed by atoms with Crippen LogP contribution in [0.2, 0.25) is 0 Å². The Balaban J connectivity index is -0.0000000700. The van der Waals surface area contributed by atoms with E-state index in [1.165, 1.54) is 13.8 Å². The molecule has 0 radical (unpaired) electrons. The number of hydrogen-bond acceptors (Lipinski definition) is 4. The molecule has 16 heavy (non-hydrogen) atoms. The average molecular weight is 267 g/mol. The zero-order valence-corrected chi connectivity index (χ0v) is 12.5. The van der Waals surface area contributed by atoms with Gasteiger partial charge in [0.15, 0.2) is 5.78 Å². The Kier molecular flexibility index (Phi) is 26.8. The van der Waals surface area contributed by atoms with Gasteiger partial charge in [0.1, 0.15) is 0 Å². The molecule has 0 saturated carbocycles. The minimum absolute atomic E-state index is 0. The third-order valence-electron chi connectivity index (χ3n) is 0.407. The predicted molar refractivity (Wildman–Crippen MR) is 59.1 cm³/mol. The number of carbonyl (C=O) groups is 1. The zero-order chi connectivity index (χ0) is 13.0.